The first-order valence-electron chi connectivity index (χ1n) is 7.40. The largest absolute Gasteiger partial charge is 0.266 e. The molecule has 3 aromatic rings. The molecule has 0 aliphatic heterocycles. The summed E-state index contributed by atoms with van der Waals surface area (Å²) in [7, 11) is -3.87. The van der Waals surface area contributed by atoms with Crippen LogP contribution < -0.4 is 4.31 Å². The summed E-state index contributed by atoms with van der Waals surface area (Å²) in [6.45, 7) is 0.128. The molecule has 4 nitrogen and oxygen atoms in total. The predicted molar refractivity (Wildman–Crippen MR) is 101 cm³/mol. The fourth-order valence-corrected chi connectivity index (χ4v) is 4.43. The van der Waals surface area contributed by atoms with E-state index in [9.17, 15) is 8.42 Å². The maximum absolute atomic E-state index is 13.2. The molecule has 0 radical (unpaired) electrons. The Morgan fingerprint density at radius 3 is 2.28 bits per heavy atom. The maximum Gasteiger partial charge on any atom is 0.266 e. The second-order valence-corrected chi connectivity index (χ2v) is 7.95. The molecule has 0 bridgehead atoms. The average molecular weight is 393 g/mol. The molecule has 0 aliphatic carbocycles. The first kappa shape index (κ1) is 17.7. The number of pyridine rings is 1. The zero-order valence-corrected chi connectivity index (χ0v) is 15.3. The normalized spacial score (nSPS) is 11.3. The number of halogens is 2. The van der Waals surface area contributed by atoms with Crippen LogP contribution in [0.25, 0.3) is 0 Å². The number of nitrogens with zero attached hydrogens (tertiary/aromatic N) is 2. The van der Waals surface area contributed by atoms with Crippen molar-refractivity contribution in [2.75, 3.05) is 4.31 Å². The first-order chi connectivity index (χ1) is 12.0. The number of hydrogen-bond donors (Lipinski definition) is 0. The van der Waals surface area contributed by atoms with Crippen LogP contribution in [0.4, 0.5) is 5.69 Å². The van der Waals surface area contributed by atoms with Crippen molar-refractivity contribution in [3.8, 4) is 0 Å². The monoisotopic (exact) mass is 392 g/mol. The van der Waals surface area contributed by atoms with Crippen LogP contribution in [0.1, 0.15) is 5.56 Å². The second-order valence-electron chi connectivity index (χ2n) is 5.28. The van der Waals surface area contributed by atoms with Crippen LogP contribution in [0.5, 0.6) is 0 Å². The van der Waals surface area contributed by atoms with E-state index in [0.29, 0.717) is 10.7 Å². The van der Waals surface area contributed by atoms with Gasteiger partial charge in [0.05, 0.1) is 17.3 Å². The van der Waals surface area contributed by atoms with Crippen molar-refractivity contribution in [2.24, 2.45) is 0 Å². The van der Waals surface area contributed by atoms with Crippen LogP contribution >= 0.6 is 23.2 Å². The SMILES string of the molecule is O=S(=O)(c1ccccc1Cl)N(Cc1cccnc1)c1ccc(Cl)cc1. The van der Waals surface area contributed by atoms with Crippen molar-refractivity contribution in [3.05, 3.63) is 88.7 Å². The van der Waals surface area contributed by atoms with Gasteiger partial charge in [-0.3, -0.25) is 9.29 Å². The highest BCUT2D eigenvalue weighted by molar-refractivity contribution is 7.93. The lowest BCUT2D eigenvalue weighted by Crippen LogP contribution is -2.30. The third kappa shape index (κ3) is 3.95. The van der Waals surface area contributed by atoms with Crippen molar-refractivity contribution in [1.29, 1.82) is 0 Å². The van der Waals surface area contributed by atoms with E-state index in [2.05, 4.69) is 4.98 Å². The van der Waals surface area contributed by atoms with Crippen LogP contribution in [-0.2, 0) is 16.6 Å². The minimum atomic E-state index is -3.87. The van der Waals surface area contributed by atoms with Gasteiger partial charge in [0, 0.05) is 17.4 Å². The molecular formula is C18H14Cl2N2O2S. The summed E-state index contributed by atoms with van der Waals surface area (Å²) in [6, 6.07) is 16.6. The Labute approximate surface area is 156 Å². The van der Waals surface area contributed by atoms with Gasteiger partial charge < -0.3 is 0 Å². The molecule has 0 amide bonds. The average Bonchev–Trinajstić information content (AvgIpc) is 2.61. The van der Waals surface area contributed by atoms with Crippen molar-refractivity contribution in [1.82, 2.24) is 4.98 Å². The lowest BCUT2D eigenvalue weighted by atomic mass is 10.2. The number of benzene rings is 2. The van der Waals surface area contributed by atoms with Gasteiger partial charge in [-0.1, -0.05) is 41.4 Å². The Morgan fingerprint density at radius 2 is 1.64 bits per heavy atom. The van der Waals surface area contributed by atoms with Crippen LogP contribution in [0, 0.1) is 0 Å². The number of aromatic nitrogens is 1. The van der Waals surface area contributed by atoms with Crippen LogP contribution in [0.3, 0.4) is 0 Å². The van der Waals surface area contributed by atoms with Gasteiger partial charge >= 0.3 is 0 Å². The summed E-state index contributed by atoms with van der Waals surface area (Å²) >= 11 is 12.1. The molecule has 0 N–H and O–H groups in total. The van der Waals surface area contributed by atoms with Gasteiger partial charge in [0.15, 0.2) is 0 Å². The highest BCUT2D eigenvalue weighted by Gasteiger charge is 2.27. The molecule has 7 heteroatoms. The van der Waals surface area contributed by atoms with Gasteiger partial charge in [0.2, 0.25) is 0 Å². The summed E-state index contributed by atoms with van der Waals surface area (Å²) in [5, 5.41) is 0.702. The van der Waals surface area contributed by atoms with Crippen LogP contribution in [0.15, 0.2) is 78.0 Å². The summed E-state index contributed by atoms with van der Waals surface area (Å²) < 4.78 is 27.8. The standard InChI is InChI=1S/C18H14Cl2N2O2S/c19-15-7-9-16(10-8-15)22(13-14-4-3-11-21-12-14)25(23,24)18-6-2-1-5-17(18)20/h1-12H,13H2. The zero-order valence-electron chi connectivity index (χ0n) is 13.0. The Hall–Kier alpha value is -2.08. The van der Waals surface area contributed by atoms with Crippen molar-refractivity contribution >= 4 is 38.9 Å². The topological polar surface area (TPSA) is 50.3 Å². The van der Waals surface area contributed by atoms with Gasteiger partial charge in [0.25, 0.3) is 10.0 Å². The minimum absolute atomic E-state index is 0.0514. The summed E-state index contributed by atoms with van der Waals surface area (Å²) in [5.41, 5.74) is 1.25. The third-order valence-corrected chi connectivity index (χ3v) is 6.09. The van der Waals surface area contributed by atoms with Crippen molar-refractivity contribution in [3.63, 3.8) is 0 Å². The highest BCUT2D eigenvalue weighted by Crippen LogP contribution is 2.30. The molecule has 0 atom stereocenters. The molecule has 0 fully saturated rings. The second kappa shape index (κ2) is 7.44. The van der Waals surface area contributed by atoms with E-state index >= 15 is 0 Å². The number of sulfonamides is 1. The molecule has 0 saturated carbocycles. The Kier molecular flexibility index (Phi) is 5.27. The lowest BCUT2D eigenvalue weighted by molar-refractivity contribution is 0.590. The molecule has 0 saturated heterocycles. The smallest absolute Gasteiger partial charge is 0.264 e. The van der Waals surface area contributed by atoms with Crippen LogP contribution in [0.2, 0.25) is 10.0 Å². The third-order valence-electron chi connectivity index (χ3n) is 3.57. The molecule has 1 heterocycles. The van der Waals surface area contributed by atoms with Crippen LogP contribution in [-0.4, -0.2) is 13.4 Å². The van der Waals surface area contributed by atoms with E-state index in [1.807, 2.05) is 6.07 Å². The van der Waals surface area contributed by atoms with Gasteiger partial charge in [-0.2, -0.15) is 0 Å². The van der Waals surface area contributed by atoms with Crippen molar-refractivity contribution < 1.29 is 8.42 Å². The molecule has 128 valence electrons. The van der Waals surface area contributed by atoms with E-state index in [4.69, 9.17) is 23.2 Å². The van der Waals surface area contributed by atoms with Gasteiger partial charge in [-0.25, -0.2) is 8.42 Å². The van der Waals surface area contributed by atoms with Gasteiger partial charge in [0.1, 0.15) is 4.90 Å². The number of anilines is 1. The Balaban J connectivity index is 2.10. The minimum Gasteiger partial charge on any atom is -0.264 e. The van der Waals surface area contributed by atoms with Gasteiger partial charge in [-0.05, 0) is 48.0 Å². The molecule has 0 spiro atoms. The molecular weight excluding hydrogens is 379 g/mol. The summed E-state index contributed by atoms with van der Waals surface area (Å²) in [4.78, 5) is 4.10. The fourth-order valence-electron chi connectivity index (χ4n) is 2.35. The van der Waals surface area contributed by atoms with E-state index in [1.165, 1.54) is 10.4 Å². The Bertz CT molecular complexity index is 962. The van der Waals surface area contributed by atoms with E-state index < -0.39 is 10.0 Å². The summed E-state index contributed by atoms with van der Waals surface area (Å²) in [5.74, 6) is 0. The molecule has 0 unspecified atom stereocenters. The van der Waals surface area contributed by atoms with Crippen molar-refractivity contribution in [2.45, 2.75) is 11.4 Å². The van der Waals surface area contributed by atoms with E-state index in [0.717, 1.165) is 5.56 Å². The van der Waals surface area contributed by atoms with Gasteiger partial charge in [-0.15, -0.1) is 0 Å². The molecule has 2 aromatic carbocycles. The molecule has 25 heavy (non-hydrogen) atoms. The molecule has 1 aromatic heterocycles. The fraction of sp³-hybridized carbons (Fsp3) is 0.0556. The van der Waals surface area contributed by atoms with E-state index in [-0.39, 0.29) is 16.5 Å². The number of hydrogen-bond acceptors (Lipinski definition) is 3. The lowest BCUT2D eigenvalue weighted by Gasteiger charge is -2.25. The number of rotatable bonds is 5. The predicted octanol–water partition coefficient (Wildman–Crippen LogP) is 4.78. The Morgan fingerprint density at radius 1 is 0.920 bits per heavy atom. The molecule has 3 rings (SSSR count). The van der Waals surface area contributed by atoms with E-state index in [1.54, 1.807) is 60.9 Å². The quantitative estimate of drug-likeness (QED) is 0.627. The summed E-state index contributed by atoms with van der Waals surface area (Å²) in [6.07, 6.45) is 3.27. The molecule has 0 aliphatic rings. The highest BCUT2D eigenvalue weighted by atomic mass is 35.5. The zero-order chi connectivity index (χ0) is 17.9. The first-order valence-corrected chi connectivity index (χ1v) is 9.60. The maximum atomic E-state index is 13.2.